The van der Waals surface area contributed by atoms with E-state index in [0.29, 0.717) is 0 Å². The number of hydrogen-bond donors (Lipinski definition) is 1. The lowest BCUT2D eigenvalue weighted by Gasteiger charge is -2.41. The smallest absolute Gasteiger partial charge is 0.362 e. The summed E-state index contributed by atoms with van der Waals surface area (Å²) in [7, 11) is -4.24. The van der Waals surface area contributed by atoms with Crippen LogP contribution in [0.3, 0.4) is 0 Å². The van der Waals surface area contributed by atoms with Gasteiger partial charge in [0.15, 0.2) is 9.84 Å². The van der Waals surface area contributed by atoms with Gasteiger partial charge in [-0.05, 0) is 32.4 Å². The van der Waals surface area contributed by atoms with Crippen molar-refractivity contribution in [1.29, 1.82) is 0 Å². The van der Waals surface area contributed by atoms with Crippen molar-refractivity contribution in [3.8, 4) is 0 Å². The Morgan fingerprint density at radius 2 is 1.78 bits per heavy atom. The summed E-state index contributed by atoms with van der Waals surface area (Å²) in [5.74, 6) is -7.60. The molecule has 0 bridgehead atoms. The van der Waals surface area contributed by atoms with Gasteiger partial charge in [-0.25, -0.2) is 12.8 Å². The molecule has 4 nitrogen and oxygen atoms in total. The molecule has 0 aromatic heterocycles. The highest BCUT2D eigenvalue weighted by molar-refractivity contribution is 7.91. The highest BCUT2D eigenvalue weighted by Crippen LogP contribution is 2.57. The molecule has 1 aliphatic heterocycles. The number of benzene rings is 1. The monoisotopic (exact) mass is 412 g/mol. The van der Waals surface area contributed by atoms with Crippen molar-refractivity contribution in [2.24, 2.45) is 11.8 Å². The lowest BCUT2D eigenvalue weighted by molar-refractivity contribution is -0.350. The zero-order valence-electron chi connectivity index (χ0n) is 15.5. The van der Waals surface area contributed by atoms with E-state index in [2.05, 4.69) is 0 Å². The number of alkyl halides is 4. The fraction of sp³-hybridized carbons (Fsp3) is 0.667. The molecule has 0 spiro atoms. The van der Waals surface area contributed by atoms with Gasteiger partial charge >= 0.3 is 6.18 Å². The van der Waals surface area contributed by atoms with Crippen LogP contribution < -0.4 is 0 Å². The number of halogens is 4. The zero-order chi connectivity index (χ0) is 20.8. The number of ether oxygens (including phenoxy) is 1. The molecule has 0 saturated carbocycles. The Bertz CT molecular complexity index is 778. The molecule has 0 radical (unpaired) electrons. The molecule has 2 rings (SSSR count). The predicted octanol–water partition coefficient (Wildman–Crippen LogP) is 3.81. The van der Waals surface area contributed by atoms with Crippen LogP contribution in [0.2, 0.25) is 0 Å². The predicted molar refractivity (Wildman–Crippen MR) is 91.6 cm³/mol. The number of aliphatic hydroxyl groups is 1. The van der Waals surface area contributed by atoms with Crippen LogP contribution in [-0.2, 0) is 14.6 Å². The van der Waals surface area contributed by atoms with Gasteiger partial charge in [-0.3, -0.25) is 0 Å². The summed E-state index contributed by atoms with van der Waals surface area (Å²) in [4.78, 5) is -0.205. The lowest BCUT2D eigenvalue weighted by Crippen LogP contribution is -2.64. The van der Waals surface area contributed by atoms with E-state index in [1.807, 2.05) is 0 Å². The summed E-state index contributed by atoms with van der Waals surface area (Å²) in [6, 6.07) is 5.53. The van der Waals surface area contributed by atoms with Gasteiger partial charge in [-0.2, -0.15) is 13.2 Å². The first-order chi connectivity index (χ1) is 12.2. The zero-order valence-corrected chi connectivity index (χ0v) is 16.4. The number of sulfone groups is 1. The van der Waals surface area contributed by atoms with Crippen molar-refractivity contribution in [3.63, 3.8) is 0 Å². The quantitative estimate of drug-likeness (QED) is 0.747. The number of rotatable bonds is 5. The summed E-state index contributed by atoms with van der Waals surface area (Å²) in [5.41, 5.74) is -3.44. The second kappa shape index (κ2) is 7.00. The molecule has 0 aliphatic carbocycles. The van der Waals surface area contributed by atoms with Crippen LogP contribution in [0.15, 0.2) is 29.2 Å². The first kappa shape index (κ1) is 22.1. The minimum absolute atomic E-state index is 0.0163. The Morgan fingerprint density at radius 1 is 1.26 bits per heavy atom. The molecular weight excluding hydrogens is 388 g/mol. The van der Waals surface area contributed by atoms with E-state index >= 15 is 4.39 Å². The Balaban J connectivity index is 2.52. The molecule has 0 amide bonds. The van der Waals surface area contributed by atoms with Crippen LogP contribution in [0.5, 0.6) is 0 Å². The van der Waals surface area contributed by atoms with E-state index in [1.165, 1.54) is 38.1 Å². The second-order valence-electron chi connectivity index (χ2n) is 7.24. The maximum Gasteiger partial charge on any atom is 0.428 e. The first-order valence-corrected chi connectivity index (χ1v) is 10.3. The standard InChI is InChI=1S/C18H24F4O4S/c1-5-12(3)17(23)16(19,18(20,21)22)15(13(4)26-17)10-27(24,25)14-8-6-11(2)7-9-14/h6-9,12-13,15,23H,5,10H2,1-4H3/t12?,13-,15-,16+,17+/m0/s1. The van der Waals surface area contributed by atoms with Crippen molar-refractivity contribution in [1.82, 2.24) is 0 Å². The maximum absolute atomic E-state index is 15.6. The molecule has 1 unspecified atom stereocenters. The largest absolute Gasteiger partial charge is 0.428 e. The van der Waals surface area contributed by atoms with Gasteiger partial charge in [-0.15, -0.1) is 0 Å². The van der Waals surface area contributed by atoms with Crippen LogP contribution in [0, 0.1) is 18.8 Å². The van der Waals surface area contributed by atoms with Gasteiger partial charge in [0, 0.05) is 11.8 Å². The summed E-state index contributed by atoms with van der Waals surface area (Å²) < 4.78 is 87.2. The molecule has 1 aromatic rings. The summed E-state index contributed by atoms with van der Waals surface area (Å²) in [5, 5.41) is 10.5. The first-order valence-electron chi connectivity index (χ1n) is 8.66. The average molecular weight is 412 g/mol. The molecule has 1 aromatic carbocycles. The molecule has 1 N–H and O–H groups in total. The Morgan fingerprint density at radius 3 is 2.22 bits per heavy atom. The highest BCUT2D eigenvalue weighted by atomic mass is 32.2. The average Bonchev–Trinajstić information content (AvgIpc) is 2.76. The van der Waals surface area contributed by atoms with E-state index in [1.54, 1.807) is 6.92 Å². The maximum atomic E-state index is 15.6. The van der Waals surface area contributed by atoms with Gasteiger partial charge in [-0.1, -0.05) is 31.5 Å². The normalized spacial score (nSPS) is 33.2. The van der Waals surface area contributed by atoms with Crippen LogP contribution in [0.4, 0.5) is 17.6 Å². The fourth-order valence-corrected chi connectivity index (χ4v) is 5.25. The number of aryl methyl sites for hydroxylation is 1. The van der Waals surface area contributed by atoms with E-state index in [4.69, 9.17) is 4.74 Å². The molecule has 1 aliphatic rings. The number of hydrogen-bond acceptors (Lipinski definition) is 4. The third-order valence-electron chi connectivity index (χ3n) is 5.44. The fourth-order valence-electron chi connectivity index (χ4n) is 3.53. The van der Waals surface area contributed by atoms with Crippen molar-refractivity contribution < 1.29 is 35.8 Å². The molecule has 154 valence electrons. The van der Waals surface area contributed by atoms with Crippen LogP contribution in [-0.4, -0.2) is 43.0 Å². The third kappa shape index (κ3) is 3.49. The topological polar surface area (TPSA) is 63.6 Å². The molecule has 27 heavy (non-hydrogen) atoms. The van der Waals surface area contributed by atoms with Crippen LogP contribution in [0.1, 0.15) is 32.8 Å². The minimum Gasteiger partial charge on any atom is -0.362 e. The third-order valence-corrected chi connectivity index (χ3v) is 7.22. The summed E-state index contributed by atoms with van der Waals surface area (Å²) in [6.07, 6.45) is -6.94. The van der Waals surface area contributed by atoms with Gasteiger partial charge in [0.05, 0.1) is 16.8 Å². The van der Waals surface area contributed by atoms with Gasteiger partial charge in [0.1, 0.15) is 0 Å². The summed E-state index contributed by atoms with van der Waals surface area (Å²) >= 11 is 0. The van der Waals surface area contributed by atoms with Crippen molar-refractivity contribution >= 4 is 9.84 Å². The minimum atomic E-state index is -5.51. The van der Waals surface area contributed by atoms with Gasteiger partial charge in [0.2, 0.25) is 5.79 Å². The van der Waals surface area contributed by atoms with Crippen LogP contribution in [0.25, 0.3) is 0 Å². The molecule has 5 atom stereocenters. The van der Waals surface area contributed by atoms with E-state index < -0.39 is 51.2 Å². The molecule has 1 heterocycles. The molecule has 1 saturated heterocycles. The highest BCUT2D eigenvalue weighted by Gasteiger charge is 2.79. The molecule has 1 fully saturated rings. The Hall–Kier alpha value is -1.19. The van der Waals surface area contributed by atoms with Crippen molar-refractivity contribution in [2.75, 3.05) is 5.75 Å². The molecule has 9 heteroatoms. The van der Waals surface area contributed by atoms with Gasteiger partial charge in [0.25, 0.3) is 5.67 Å². The van der Waals surface area contributed by atoms with E-state index in [9.17, 15) is 26.7 Å². The van der Waals surface area contributed by atoms with Crippen LogP contribution >= 0.6 is 0 Å². The van der Waals surface area contributed by atoms with E-state index in [0.717, 1.165) is 12.5 Å². The second-order valence-corrected chi connectivity index (χ2v) is 9.27. The van der Waals surface area contributed by atoms with E-state index in [-0.39, 0.29) is 11.3 Å². The van der Waals surface area contributed by atoms with Gasteiger partial charge < -0.3 is 9.84 Å². The SMILES string of the molecule is CCC(C)[C@@]1(O)O[C@@H](C)[C@H](CS(=O)(=O)c2ccc(C)cc2)[C@]1(F)C(F)(F)F. The lowest BCUT2D eigenvalue weighted by atomic mass is 9.77. The Labute approximate surface area is 156 Å². The van der Waals surface area contributed by atoms with Crippen molar-refractivity contribution in [3.05, 3.63) is 29.8 Å². The summed E-state index contributed by atoms with van der Waals surface area (Å²) in [6.45, 7) is 5.61. The van der Waals surface area contributed by atoms with Crippen molar-refractivity contribution in [2.45, 2.75) is 62.7 Å². The Kier molecular flexibility index (Phi) is 5.73. The molecular formula is C18H24F4O4S.